The topological polar surface area (TPSA) is 70.4 Å². The molecule has 4 rings (SSSR count). The number of nitrogens with one attached hydrogen (secondary N) is 1. The molecule has 1 aromatic heterocycles. The molecule has 3 aromatic rings. The lowest BCUT2D eigenvalue weighted by molar-refractivity contribution is -0.123. The average Bonchev–Trinajstić information content (AvgIpc) is 3.23. The second-order valence-electron chi connectivity index (χ2n) is 8.68. The smallest absolute Gasteiger partial charge is 0.234 e. The second-order valence-corrected chi connectivity index (χ2v) is 8.68. The number of hydrogen-bond donors (Lipinski definition) is 2. The number of carbonyl (C=O) groups is 1. The summed E-state index contributed by atoms with van der Waals surface area (Å²) in [4.78, 5) is 14.7. The molecule has 6 nitrogen and oxygen atoms in total. The van der Waals surface area contributed by atoms with Crippen LogP contribution in [-0.4, -0.2) is 50.9 Å². The van der Waals surface area contributed by atoms with Gasteiger partial charge in [-0.1, -0.05) is 67.6 Å². The van der Waals surface area contributed by atoms with Crippen molar-refractivity contribution in [2.45, 2.75) is 44.9 Å². The molecule has 2 heterocycles. The van der Waals surface area contributed by atoms with E-state index in [0.717, 1.165) is 49.2 Å². The average molecular weight is 433 g/mol. The number of carbonyl (C=O) groups excluding carboxylic acids is 1. The molecule has 0 unspecified atom stereocenters. The van der Waals surface area contributed by atoms with E-state index in [1.807, 2.05) is 66.3 Å². The van der Waals surface area contributed by atoms with E-state index in [2.05, 4.69) is 22.3 Å². The van der Waals surface area contributed by atoms with Crippen molar-refractivity contribution < 1.29 is 9.90 Å². The highest BCUT2D eigenvalue weighted by molar-refractivity contribution is 5.78. The van der Waals surface area contributed by atoms with Gasteiger partial charge in [-0.05, 0) is 24.8 Å². The Kier molecular flexibility index (Phi) is 7.02. The number of amides is 1. The zero-order valence-electron chi connectivity index (χ0n) is 18.7. The normalized spacial score (nSPS) is 16.1. The molecule has 0 saturated carbocycles. The van der Waals surface area contributed by atoms with Gasteiger partial charge in [0.15, 0.2) is 0 Å². The van der Waals surface area contributed by atoms with Crippen molar-refractivity contribution in [2.24, 2.45) is 0 Å². The number of likely N-dealkylation sites (tertiary alicyclic amines) is 1. The lowest BCUT2D eigenvalue weighted by Gasteiger charge is -2.37. The molecule has 32 heavy (non-hydrogen) atoms. The minimum Gasteiger partial charge on any atom is -0.390 e. The summed E-state index contributed by atoms with van der Waals surface area (Å²) in [6.45, 7) is 5.00. The van der Waals surface area contributed by atoms with E-state index < -0.39 is 5.60 Å². The van der Waals surface area contributed by atoms with Gasteiger partial charge in [-0.3, -0.25) is 14.4 Å². The molecule has 1 saturated heterocycles. The molecular weight excluding hydrogens is 400 g/mol. The van der Waals surface area contributed by atoms with Crippen molar-refractivity contribution in [3.05, 3.63) is 78.0 Å². The lowest BCUT2D eigenvalue weighted by atomic mass is 9.89. The van der Waals surface area contributed by atoms with Crippen LogP contribution in [0.1, 0.15) is 37.3 Å². The molecule has 168 valence electrons. The van der Waals surface area contributed by atoms with Gasteiger partial charge in [0.2, 0.25) is 5.91 Å². The van der Waals surface area contributed by atoms with Crippen molar-refractivity contribution in [1.82, 2.24) is 20.0 Å². The number of benzene rings is 2. The molecule has 1 amide bonds. The van der Waals surface area contributed by atoms with Crippen LogP contribution in [0.5, 0.6) is 0 Å². The largest absolute Gasteiger partial charge is 0.390 e. The van der Waals surface area contributed by atoms with Crippen molar-refractivity contribution in [2.75, 3.05) is 19.6 Å². The third-order valence-corrected chi connectivity index (χ3v) is 6.36. The molecule has 0 aliphatic carbocycles. The minimum atomic E-state index is -0.565. The fourth-order valence-electron chi connectivity index (χ4n) is 4.22. The first-order valence-corrected chi connectivity index (χ1v) is 11.4. The number of hydrogen-bond acceptors (Lipinski definition) is 4. The van der Waals surface area contributed by atoms with Crippen LogP contribution in [0.3, 0.4) is 0 Å². The summed E-state index contributed by atoms with van der Waals surface area (Å²) in [5.41, 5.74) is 3.55. The molecular formula is C26H32N4O2. The summed E-state index contributed by atoms with van der Waals surface area (Å²) in [6, 6.07) is 20.3. The quantitative estimate of drug-likeness (QED) is 0.572. The van der Waals surface area contributed by atoms with Gasteiger partial charge >= 0.3 is 0 Å². The van der Waals surface area contributed by atoms with Gasteiger partial charge < -0.3 is 10.4 Å². The molecule has 1 aliphatic heterocycles. The first-order valence-electron chi connectivity index (χ1n) is 11.4. The Hall–Kier alpha value is -2.96. The van der Waals surface area contributed by atoms with Crippen LogP contribution in [0.4, 0.5) is 0 Å². The summed E-state index contributed by atoms with van der Waals surface area (Å²) in [5.74, 6) is 0.00163. The number of piperidine rings is 1. The van der Waals surface area contributed by atoms with E-state index in [-0.39, 0.29) is 5.91 Å². The van der Waals surface area contributed by atoms with Crippen LogP contribution in [-0.2, 0) is 17.9 Å². The predicted octanol–water partition coefficient (Wildman–Crippen LogP) is 3.45. The fourth-order valence-corrected chi connectivity index (χ4v) is 4.22. The lowest BCUT2D eigenvalue weighted by Crippen LogP contribution is -2.47. The van der Waals surface area contributed by atoms with Gasteiger partial charge in [-0.15, -0.1) is 0 Å². The second kappa shape index (κ2) is 10.1. The maximum absolute atomic E-state index is 12.6. The van der Waals surface area contributed by atoms with E-state index >= 15 is 0 Å². The Bertz CT molecular complexity index is 1010. The van der Waals surface area contributed by atoms with E-state index in [9.17, 15) is 9.90 Å². The van der Waals surface area contributed by atoms with Crippen molar-refractivity contribution in [1.29, 1.82) is 0 Å². The zero-order valence-corrected chi connectivity index (χ0v) is 18.7. The summed E-state index contributed by atoms with van der Waals surface area (Å²) in [6.07, 6.45) is 4.24. The molecule has 6 heteroatoms. The van der Waals surface area contributed by atoms with Crippen LogP contribution >= 0.6 is 0 Å². The van der Waals surface area contributed by atoms with Gasteiger partial charge in [-0.25, -0.2) is 0 Å². The maximum atomic E-state index is 12.6. The third kappa shape index (κ3) is 5.64. The highest BCUT2D eigenvalue weighted by Crippen LogP contribution is 2.25. The first-order chi connectivity index (χ1) is 15.5. The Morgan fingerprint density at radius 3 is 2.38 bits per heavy atom. The van der Waals surface area contributed by atoms with E-state index in [1.54, 1.807) is 0 Å². The van der Waals surface area contributed by atoms with Crippen molar-refractivity contribution in [3.63, 3.8) is 0 Å². The molecule has 2 N–H and O–H groups in total. The minimum absolute atomic E-state index is 0.00163. The summed E-state index contributed by atoms with van der Waals surface area (Å²) in [7, 11) is 0. The van der Waals surface area contributed by atoms with Crippen LogP contribution in [0.25, 0.3) is 11.3 Å². The highest BCUT2D eigenvalue weighted by Gasteiger charge is 2.30. The molecule has 0 radical (unpaired) electrons. The fraction of sp³-hybridized carbons (Fsp3) is 0.385. The third-order valence-electron chi connectivity index (χ3n) is 6.36. The van der Waals surface area contributed by atoms with E-state index in [1.165, 1.54) is 5.56 Å². The van der Waals surface area contributed by atoms with Crippen molar-refractivity contribution >= 4 is 5.91 Å². The number of aromatic nitrogens is 2. The van der Waals surface area contributed by atoms with Crippen LogP contribution in [0.15, 0.2) is 66.9 Å². The Labute approximate surface area is 189 Å². The zero-order chi connectivity index (χ0) is 22.4. The first kappa shape index (κ1) is 22.2. The Morgan fingerprint density at radius 1 is 1.06 bits per heavy atom. The van der Waals surface area contributed by atoms with Gasteiger partial charge in [0.05, 0.1) is 24.4 Å². The molecule has 0 bridgehead atoms. The Balaban J connectivity index is 1.41. The SMILES string of the molecule is CCC1(O)CCN(CC(=O)NCc2cn(Cc3ccccc3)nc2-c2ccccc2)CC1. The standard InChI is InChI=1S/C26H32N4O2/c1-2-26(32)13-15-29(16-14-26)20-24(31)27-17-23-19-30(18-21-9-5-3-6-10-21)28-25(23)22-11-7-4-8-12-22/h3-12,19,32H,2,13-18,20H2,1H3,(H,27,31). The van der Waals surface area contributed by atoms with Crippen LogP contribution < -0.4 is 5.32 Å². The van der Waals surface area contributed by atoms with E-state index in [0.29, 0.717) is 19.6 Å². The number of aliphatic hydroxyl groups is 1. The maximum Gasteiger partial charge on any atom is 0.234 e. The van der Waals surface area contributed by atoms with Crippen LogP contribution in [0, 0.1) is 0 Å². The number of nitrogens with zero attached hydrogens (tertiary/aromatic N) is 3. The van der Waals surface area contributed by atoms with Gasteiger partial charge in [0, 0.05) is 37.0 Å². The molecule has 1 aliphatic rings. The summed E-state index contributed by atoms with van der Waals surface area (Å²) in [5, 5.41) is 18.3. The summed E-state index contributed by atoms with van der Waals surface area (Å²) >= 11 is 0. The number of rotatable bonds is 8. The monoisotopic (exact) mass is 432 g/mol. The van der Waals surface area contributed by atoms with Gasteiger partial charge in [0.1, 0.15) is 0 Å². The molecule has 0 spiro atoms. The molecule has 1 fully saturated rings. The summed E-state index contributed by atoms with van der Waals surface area (Å²) < 4.78 is 1.94. The van der Waals surface area contributed by atoms with Gasteiger partial charge in [-0.2, -0.15) is 5.10 Å². The predicted molar refractivity (Wildman–Crippen MR) is 126 cm³/mol. The Morgan fingerprint density at radius 2 is 1.72 bits per heavy atom. The van der Waals surface area contributed by atoms with Crippen molar-refractivity contribution in [3.8, 4) is 11.3 Å². The molecule has 0 atom stereocenters. The molecule has 2 aromatic carbocycles. The van der Waals surface area contributed by atoms with E-state index in [4.69, 9.17) is 5.10 Å². The highest BCUT2D eigenvalue weighted by atomic mass is 16.3. The van der Waals surface area contributed by atoms with Crippen LogP contribution in [0.2, 0.25) is 0 Å². The van der Waals surface area contributed by atoms with Gasteiger partial charge in [0.25, 0.3) is 0 Å².